The first-order valence-electron chi connectivity index (χ1n) is 14.5. The van der Waals surface area contributed by atoms with Crippen LogP contribution in [0.2, 0.25) is 0 Å². The van der Waals surface area contributed by atoms with Crippen LogP contribution in [0, 0.1) is 22.7 Å². The van der Waals surface area contributed by atoms with E-state index in [9.17, 15) is 19.5 Å². The number of amides is 3. The number of nitrogens with one attached hydrogen (secondary N) is 6. The zero-order chi connectivity index (χ0) is 27.8. The predicted molar refractivity (Wildman–Crippen MR) is 144 cm³/mol. The molecule has 5 fully saturated rings. The zero-order valence-corrected chi connectivity index (χ0v) is 22.3. The summed E-state index contributed by atoms with van der Waals surface area (Å²) in [6.45, 7) is 0.194. The summed E-state index contributed by atoms with van der Waals surface area (Å²) in [5, 5.41) is 41.2. The van der Waals surface area contributed by atoms with E-state index in [1.165, 1.54) is 10.5 Å². The van der Waals surface area contributed by atoms with Crippen LogP contribution in [0.3, 0.4) is 0 Å². The van der Waals surface area contributed by atoms with Crippen LogP contribution >= 0.6 is 0 Å². The Bertz CT molecular complexity index is 1290. The number of carbonyl (C=O) groups is 3. The summed E-state index contributed by atoms with van der Waals surface area (Å²) < 4.78 is 0. The molecule has 1 aromatic carbocycles. The zero-order valence-electron chi connectivity index (χ0n) is 22.3. The maximum absolute atomic E-state index is 13.5. The third kappa shape index (κ3) is 3.57. The third-order valence-electron chi connectivity index (χ3n) is 10.0. The van der Waals surface area contributed by atoms with Crippen molar-refractivity contribution < 1.29 is 19.5 Å². The Hall–Kier alpha value is -3.67. The van der Waals surface area contributed by atoms with Crippen molar-refractivity contribution in [1.82, 2.24) is 31.1 Å². The molecule has 0 aromatic heterocycles. The summed E-state index contributed by atoms with van der Waals surface area (Å²) in [4.78, 5) is 42.8. The number of hydrogen-bond acceptors (Lipinski definition) is 6. The number of fused-ring (bicyclic) bond motifs is 2. The Labute approximate surface area is 232 Å². The first-order chi connectivity index (χ1) is 19.3. The summed E-state index contributed by atoms with van der Waals surface area (Å²) >= 11 is 0. The average Bonchev–Trinajstić information content (AvgIpc) is 3.54. The smallest absolute Gasteiger partial charge is 0.251 e. The van der Waals surface area contributed by atoms with Crippen LogP contribution in [-0.4, -0.2) is 87.5 Å². The monoisotopic (exact) mass is 548 g/mol. The van der Waals surface area contributed by atoms with Gasteiger partial charge in [0.2, 0.25) is 11.8 Å². The molecule has 7 rings (SSSR count). The van der Waals surface area contributed by atoms with Gasteiger partial charge in [0, 0.05) is 12.1 Å². The highest BCUT2D eigenvalue weighted by atomic mass is 16.3. The van der Waals surface area contributed by atoms with E-state index in [1.54, 1.807) is 4.90 Å². The fourth-order valence-electron chi connectivity index (χ4n) is 8.13. The fraction of sp³-hybridized carbons (Fsp3) is 0.607. The third-order valence-corrected chi connectivity index (χ3v) is 10.0. The largest absolute Gasteiger partial charge is 0.386 e. The number of hydrogen-bond donors (Lipinski definition) is 7. The van der Waals surface area contributed by atoms with Gasteiger partial charge in [0.15, 0.2) is 17.6 Å². The van der Waals surface area contributed by atoms with Gasteiger partial charge in [-0.05, 0) is 55.7 Å². The number of aliphatic hydroxyl groups is 1. The number of rotatable bonds is 4. The molecular weight excluding hydrogens is 512 g/mol. The minimum absolute atomic E-state index is 0.00894. The van der Waals surface area contributed by atoms with Crippen LogP contribution in [0.25, 0.3) is 0 Å². The number of guanidine groups is 2. The van der Waals surface area contributed by atoms with Gasteiger partial charge in [0.1, 0.15) is 6.10 Å². The quantitative estimate of drug-likeness (QED) is 0.249. The second-order valence-corrected chi connectivity index (χ2v) is 12.1. The van der Waals surface area contributed by atoms with E-state index in [0.29, 0.717) is 5.56 Å². The van der Waals surface area contributed by atoms with Crippen LogP contribution in [-0.2, 0) is 22.4 Å². The molecular formula is C28H36N8O4. The number of nitrogens with zero attached hydrogens (tertiary/aromatic N) is 2. The first kappa shape index (κ1) is 25.3. The average molecular weight is 549 g/mol. The molecule has 40 heavy (non-hydrogen) atoms. The van der Waals surface area contributed by atoms with E-state index in [-0.39, 0.29) is 54.6 Å². The van der Waals surface area contributed by atoms with Crippen molar-refractivity contribution in [2.75, 3.05) is 13.1 Å². The molecule has 4 aliphatic heterocycles. The van der Waals surface area contributed by atoms with Gasteiger partial charge in [-0.3, -0.25) is 30.1 Å². The van der Waals surface area contributed by atoms with Crippen molar-refractivity contribution in [3.63, 3.8) is 0 Å². The van der Waals surface area contributed by atoms with Crippen molar-refractivity contribution in [2.45, 2.75) is 81.3 Å². The number of aliphatic hydroxyl groups excluding tert-OH is 1. The number of likely N-dealkylation sites (tertiary alicyclic amines) is 1. The molecule has 1 aromatic rings. The highest BCUT2D eigenvalue weighted by Crippen LogP contribution is 2.41. The van der Waals surface area contributed by atoms with Crippen LogP contribution in [0.15, 0.2) is 18.2 Å². The predicted octanol–water partition coefficient (Wildman–Crippen LogP) is -0.385. The molecule has 6 aliphatic rings. The van der Waals surface area contributed by atoms with Gasteiger partial charge in [-0.15, -0.1) is 0 Å². The topological polar surface area (TPSA) is 174 Å². The van der Waals surface area contributed by atoms with Crippen molar-refractivity contribution in [2.24, 2.45) is 11.8 Å². The Morgan fingerprint density at radius 1 is 1.05 bits per heavy atom. The molecule has 2 aliphatic carbocycles. The molecule has 4 saturated heterocycles. The molecule has 4 heterocycles. The van der Waals surface area contributed by atoms with Crippen LogP contribution in [0.4, 0.5) is 0 Å². The molecule has 7 N–H and O–H groups in total. The van der Waals surface area contributed by atoms with E-state index in [0.717, 1.165) is 56.9 Å². The summed E-state index contributed by atoms with van der Waals surface area (Å²) in [6.07, 6.45) is 6.08. The van der Waals surface area contributed by atoms with Crippen molar-refractivity contribution in [1.29, 1.82) is 10.8 Å². The Morgan fingerprint density at radius 3 is 2.52 bits per heavy atom. The van der Waals surface area contributed by atoms with Crippen molar-refractivity contribution >= 4 is 29.6 Å². The van der Waals surface area contributed by atoms with Crippen molar-refractivity contribution in [3.05, 3.63) is 34.9 Å². The van der Waals surface area contributed by atoms with Crippen LogP contribution in [0.1, 0.15) is 60.0 Å². The lowest BCUT2D eigenvalue weighted by atomic mass is 9.81. The molecule has 1 spiro atoms. The Morgan fingerprint density at radius 2 is 1.77 bits per heavy atom. The molecule has 12 heteroatoms. The van der Waals surface area contributed by atoms with E-state index in [2.05, 4.69) is 27.3 Å². The number of imide groups is 1. The standard InChI is InChI=1S/C28H36N8O4/c29-26-33-21-19(12-35-24(39)17-9-3-4-10-18(17)25(35)40)32-27(30)36-13-20(22(37)28(21,36)34-26)31-23(38)16-11-5-7-14-6-1-2-8-15(14)16/h5,7,11,17-22,37H,1-4,6,8-10,12-13H2,(H2,30,32)(H,31,38)(H3,29,33,34)/t17?,18?,19-,20?,21?,22?,28?/m0/s1. The maximum Gasteiger partial charge on any atom is 0.251 e. The number of benzene rings is 1. The molecule has 0 radical (unpaired) electrons. The fourth-order valence-corrected chi connectivity index (χ4v) is 8.13. The maximum atomic E-state index is 13.5. The van der Waals surface area contributed by atoms with Crippen LogP contribution in [0.5, 0.6) is 0 Å². The Kier molecular flexibility index (Phi) is 5.81. The van der Waals surface area contributed by atoms with Gasteiger partial charge in [0.05, 0.1) is 36.5 Å². The van der Waals surface area contributed by atoms with Crippen molar-refractivity contribution in [3.8, 4) is 0 Å². The number of aryl methyl sites for hydroxylation is 1. The van der Waals surface area contributed by atoms with Gasteiger partial charge >= 0.3 is 0 Å². The summed E-state index contributed by atoms with van der Waals surface area (Å²) in [7, 11) is 0. The first-order valence-corrected chi connectivity index (χ1v) is 14.5. The lowest BCUT2D eigenvalue weighted by Gasteiger charge is -2.49. The van der Waals surface area contributed by atoms with Gasteiger partial charge in [-0.2, -0.15) is 0 Å². The lowest BCUT2D eigenvalue weighted by Crippen LogP contribution is -2.78. The van der Waals surface area contributed by atoms with Gasteiger partial charge in [-0.25, -0.2) is 0 Å². The Balaban J connectivity index is 1.14. The minimum atomic E-state index is -1.29. The molecule has 12 nitrogen and oxygen atoms in total. The van der Waals surface area contributed by atoms with Gasteiger partial charge < -0.3 is 31.3 Å². The normalized spacial score (nSPS) is 36.2. The minimum Gasteiger partial charge on any atom is -0.386 e. The van der Waals surface area contributed by atoms with E-state index in [4.69, 9.17) is 10.8 Å². The molecule has 212 valence electrons. The molecule has 0 bridgehead atoms. The summed E-state index contributed by atoms with van der Waals surface area (Å²) in [5.41, 5.74) is 1.57. The van der Waals surface area contributed by atoms with E-state index < -0.39 is 29.9 Å². The SMILES string of the molecule is N=C1NC2[C@H](CN3C(=O)C4CCCCC4C3=O)NC(=N)N3CC(NC(=O)c4cccc5c4CCCC5)C(O)C23N1. The number of carbonyl (C=O) groups excluding carboxylic acids is 3. The second-order valence-electron chi connectivity index (χ2n) is 12.1. The highest BCUT2D eigenvalue weighted by Gasteiger charge is 2.67. The lowest BCUT2D eigenvalue weighted by molar-refractivity contribution is -0.140. The van der Waals surface area contributed by atoms with Crippen LogP contribution < -0.4 is 21.3 Å². The molecule has 1 saturated carbocycles. The molecule has 3 amide bonds. The van der Waals surface area contributed by atoms with E-state index >= 15 is 0 Å². The summed E-state index contributed by atoms with van der Waals surface area (Å²) in [6, 6.07) is 3.82. The van der Waals surface area contributed by atoms with E-state index in [1.807, 2.05) is 12.1 Å². The molecule has 7 atom stereocenters. The van der Waals surface area contributed by atoms with Gasteiger partial charge in [0.25, 0.3) is 5.91 Å². The van der Waals surface area contributed by atoms with Gasteiger partial charge in [-0.1, -0.05) is 25.0 Å². The molecule has 6 unspecified atom stereocenters. The summed E-state index contributed by atoms with van der Waals surface area (Å²) in [5.74, 6) is -1.15. The second kappa shape index (κ2) is 9.18. The highest BCUT2D eigenvalue weighted by molar-refractivity contribution is 6.05.